The third-order valence-corrected chi connectivity index (χ3v) is 2.73. The number of esters is 1. The summed E-state index contributed by atoms with van der Waals surface area (Å²) in [5, 5.41) is 7.51. The molecule has 2 aromatic carbocycles. The summed E-state index contributed by atoms with van der Waals surface area (Å²) in [7, 11) is 0. The van der Waals surface area contributed by atoms with Crippen molar-refractivity contribution in [2.24, 2.45) is 16.1 Å². The maximum Gasteiger partial charge on any atom is 0.336 e. The number of benzene rings is 2. The highest BCUT2D eigenvalue weighted by Crippen LogP contribution is 2.09. The van der Waals surface area contributed by atoms with Crippen molar-refractivity contribution in [3.05, 3.63) is 66.2 Å². The van der Waals surface area contributed by atoms with E-state index in [4.69, 9.17) is 5.73 Å². The Hall–Kier alpha value is -3.50. The lowest BCUT2D eigenvalue weighted by molar-refractivity contribution is -0.137. The highest BCUT2D eigenvalue weighted by atomic mass is 16.5. The monoisotopic (exact) mass is 352 g/mol. The van der Waals surface area contributed by atoms with Crippen LogP contribution in [0, 0.1) is 12.0 Å². The van der Waals surface area contributed by atoms with Gasteiger partial charge in [-0.2, -0.15) is 0 Å². The van der Waals surface area contributed by atoms with Crippen molar-refractivity contribution < 1.29 is 14.3 Å². The predicted octanol–water partition coefficient (Wildman–Crippen LogP) is 2.97. The van der Waals surface area contributed by atoms with Crippen molar-refractivity contribution in [3.8, 4) is 12.0 Å². The first-order valence-electron chi connectivity index (χ1n) is 7.73. The Morgan fingerprint density at radius 3 is 2.19 bits per heavy atom. The lowest BCUT2D eigenvalue weighted by Crippen LogP contribution is -2.27. The van der Waals surface area contributed by atoms with Gasteiger partial charge in [-0.25, -0.2) is 10.2 Å². The number of nitrogens with two attached hydrogens (primary N) is 1. The number of hydrogen-bond acceptors (Lipinski definition) is 6. The number of amides is 1. The van der Waals surface area contributed by atoms with Gasteiger partial charge in [0.2, 0.25) is 0 Å². The minimum atomic E-state index is -0.592. The van der Waals surface area contributed by atoms with Crippen LogP contribution in [0.1, 0.15) is 24.2 Å². The maximum absolute atomic E-state index is 11.6. The van der Waals surface area contributed by atoms with Crippen LogP contribution in [-0.2, 0) is 9.53 Å². The molecular formula is C19H20N4O3. The van der Waals surface area contributed by atoms with Crippen molar-refractivity contribution in [1.29, 1.82) is 0 Å². The molecule has 0 saturated heterocycles. The zero-order valence-corrected chi connectivity index (χ0v) is 14.5. The molecule has 0 aromatic heterocycles. The second-order valence-corrected chi connectivity index (χ2v) is 4.90. The maximum atomic E-state index is 11.6. The number of carbonyl (C=O) groups excluding carboxylic acids is 2. The van der Waals surface area contributed by atoms with E-state index in [-0.39, 0.29) is 5.91 Å². The molecule has 0 aliphatic carbocycles. The van der Waals surface area contributed by atoms with E-state index in [0.717, 1.165) is 0 Å². The van der Waals surface area contributed by atoms with Gasteiger partial charge in [-0.05, 0) is 31.2 Å². The number of rotatable bonds is 4. The molecule has 26 heavy (non-hydrogen) atoms. The number of ether oxygens (including phenoxy) is 1. The highest BCUT2D eigenvalue weighted by molar-refractivity contribution is 5.93. The topological polar surface area (TPSA) is 106 Å². The molecular weight excluding hydrogens is 332 g/mol. The van der Waals surface area contributed by atoms with Crippen molar-refractivity contribution in [1.82, 2.24) is 5.43 Å². The van der Waals surface area contributed by atoms with Crippen molar-refractivity contribution >= 4 is 17.6 Å². The van der Waals surface area contributed by atoms with Gasteiger partial charge in [-0.1, -0.05) is 47.5 Å². The quantitative estimate of drug-likeness (QED) is 0.382. The smallest absolute Gasteiger partial charge is 0.336 e. The first-order valence-corrected chi connectivity index (χ1v) is 7.73. The van der Waals surface area contributed by atoms with E-state index >= 15 is 0 Å². The summed E-state index contributed by atoms with van der Waals surface area (Å²) >= 11 is 0. The molecule has 0 aliphatic rings. The summed E-state index contributed by atoms with van der Waals surface area (Å²) in [5.41, 5.74) is 8.75. The molecule has 0 spiro atoms. The summed E-state index contributed by atoms with van der Waals surface area (Å²) in [5.74, 6) is 1.64. The minimum Gasteiger partial charge on any atom is -0.371 e. The van der Waals surface area contributed by atoms with E-state index in [9.17, 15) is 9.59 Å². The van der Waals surface area contributed by atoms with Gasteiger partial charge < -0.3 is 10.5 Å². The molecule has 3 N–H and O–H groups in total. The molecule has 0 fully saturated rings. The number of hydrogen-bond donors (Lipinski definition) is 2. The summed E-state index contributed by atoms with van der Waals surface area (Å²) < 4.78 is 4.33. The van der Waals surface area contributed by atoms with Crippen LogP contribution in [-0.4, -0.2) is 17.9 Å². The summed E-state index contributed by atoms with van der Waals surface area (Å²) in [4.78, 5) is 22.0. The van der Waals surface area contributed by atoms with Crippen LogP contribution >= 0.6 is 0 Å². The number of carbonyl (C=O) groups is 2. The zero-order valence-electron chi connectivity index (χ0n) is 14.5. The second-order valence-electron chi connectivity index (χ2n) is 4.90. The molecule has 1 atom stereocenters. The SMILES string of the molecule is CC#COC(=O)C(C)N.O=C(NN=Nc1ccccc1)c1ccccc1. The van der Waals surface area contributed by atoms with E-state index in [1.165, 1.54) is 0 Å². The van der Waals surface area contributed by atoms with E-state index < -0.39 is 12.0 Å². The van der Waals surface area contributed by atoms with Gasteiger partial charge in [0.05, 0.1) is 5.69 Å². The summed E-state index contributed by atoms with van der Waals surface area (Å²) in [6.45, 7) is 3.12. The van der Waals surface area contributed by atoms with Gasteiger partial charge in [0.25, 0.3) is 5.91 Å². The lowest BCUT2D eigenvalue weighted by Gasteiger charge is -1.97. The predicted molar refractivity (Wildman–Crippen MR) is 98.1 cm³/mol. The fourth-order valence-electron chi connectivity index (χ4n) is 1.47. The first-order chi connectivity index (χ1) is 12.5. The van der Waals surface area contributed by atoms with Gasteiger partial charge in [0.1, 0.15) is 12.1 Å². The molecule has 0 bridgehead atoms. The van der Waals surface area contributed by atoms with Crippen LogP contribution in [0.5, 0.6) is 0 Å². The van der Waals surface area contributed by atoms with Crippen LogP contribution in [0.15, 0.2) is 71.0 Å². The lowest BCUT2D eigenvalue weighted by atomic mass is 10.2. The van der Waals surface area contributed by atoms with Crippen molar-refractivity contribution in [2.75, 3.05) is 0 Å². The van der Waals surface area contributed by atoms with Gasteiger partial charge >= 0.3 is 5.97 Å². The van der Waals surface area contributed by atoms with Gasteiger partial charge in [-0.3, -0.25) is 4.79 Å². The third kappa shape index (κ3) is 8.38. The third-order valence-electron chi connectivity index (χ3n) is 2.73. The van der Waals surface area contributed by atoms with Gasteiger partial charge in [0.15, 0.2) is 0 Å². The van der Waals surface area contributed by atoms with Crippen molar-refractivity contribution in [2.45, 2.75) is 19.9 Å². The van der Waals surface area contributed by atoms with Gasteiger partial charge in [0, 0.05) is 12.5 Å². The van der Waals surface area contributed by atoms with E-state index in [0.29, 0.717) is 11.3 Å². The van der Waals surface area contributed by atoms with Crippen molar-refractivity contribution in [3.63, 3.8) is 0 Å². The Bertz CT molecular complexity index is 779. The normalized spacial score (nSPS) is 10.6. The molecule has 7 nitrogen and oxygen atoms in total. The Morgan fingerprint density at radius 2 is 1.65 bits per heavy atom. The molecule has 0 heterocycles. The molecule has 7 heteroatoms. The fraction of sp³-hybridized carbons (Fsp3) is 0.158. The van der Waals surface area contributed by atoms with E-state index in [1.807, 2.05) is 24.3 Å². The molecule has 2 aromatic rings. The van der Waals surface area contributed by atoms with Crippen LogP contribution in [0.25, 0.3) is 0 Å². The van der Waals surface area contributed by atoms with Crippen LogP contribution in [0.4, 0.5) is 5.69 Å². The second kappa shape index (κ2) is 11.9. The number of nitrogens with zero attached hydrogens (tertiary/aromatic N) is 2. The van der Waals surface area contributed by atoms with E-state index in [2.05, 4.69) is 32.5 Å². The fourth-order valence-corrected chi connectivity index (χ4v) is 1.47. The molecule has 0 saturated carbocycles. The Labute approximate surface area is 152 Å². The summed E-state index contributed by atoms with van der Waals surface area (Å²) in [6, 6.07) is 17.5. The zero-order chi connectivity index (χ0) is 19.2. The standard InChI is InChI=1S/C13H11N3O.C6H9NO2/c17-13(11-7-3-1-4-8-11)15-16-14-12-9-5-2-6-10-12;1-3-4-9-6(8)5(2)7/h1-10H,(H,14,15,17);5H,7H2,1-2H3. The largest absolute Gasteiger partial charge is 0.371 e. The first kappa shape index (κ1) is 20.5. The highest BCUT2D eigenvalue weighted by Gasteiger charge is 2.06. The molecule has 1 unspecified atom stereocenters. The molecule has 134 valence electrons. The average molecular weight is 352 g/mol. The molecule has 0 radical (unpaired) electrons. The number of nitrogens with one attached hydrogen (secondary N) is 1. The molecule has 1 amide bonds. The summed E-state index contributed by atoms with van der Waals surface area (Å²) in [6.07, 6.45) is 2.15. The molecule has 2 rings (SSSR count). The Morgan fingerprint density at radius 1 is 1.08 bits per heavy atom. The average Bonchev–Trinajstić information content (AvgIpc) is 2.68. The van der Waals surface area contributed by atoms with E-state index in [1.54, 1.807) is 50.2 Å². The van der Waals surface area contributed by atoms with Crippen LogP contribution in [0.3, 0.4) is 0 Å². The minimum absolute atomic E-state index is 0.273. The molecule has 0 aliphatic heterocycles. The Balaban J connectivity index is 0.000000321. The van der Waals surface area contributed by atoms with Gasteiger partial charge in [-0.15, -0.1) is 5.11 Å². The van der Waals surface area contributed by atoms with Crippen LogP contribution < -0.4 is 11.2 Å². The Kier molecular flexibility index (Phi) is 9.44. The van der Waals surface area contributed by atoms with Crippen LogP contribution in [0.2, 0.25) is 0 Å².